The Morgan fingerprint density at radius 2 is 1.69 bits per heavy atom. The fourth-order valence-corrected chi connectivity index (χ4v) is 3.48. The highest BCUT2D eigenvalue weighted by molar-refractivity contribution is 5.95. The van der Waals surface area contributed by atoms with Gasteiger partial charge in [0.2, 0.25) is 0 Å². The van der Waals surface area contributed by atoms with Gasteiger partial charge >= 0.3 is 5.97 Å². The number of aromatic nitrogens is 1. The number of nitrogens with zero attached hydrogens (tertiary/aromatic N) is 1. The first-order valence-corrected chi connectivity index (χ1v) is 10.2. The molecule has 2 atom stereocenters. The van der Waals surface area contributed by atoms with Crippen LogP contribution in [-0.2, 0) is 16.0 Å². The van der Waals surface area contributed by atoms with Crippen molar-refractivity contribution in [2.45, 2.75) is 19.4 Å². The molecule has 1 amide bonds. The third kappa shape index (κ3) is 5.57. The predicted octanol–water partition coefficient (Wildman–Crippen LogP) is 3.18. The number of hydrogen-bond donors (Lipinski definition) is 3. The fraction of sp³-hybridized carbons (Fsp3) is 0.200. The highest BCUT2D eigenvalue weighted by Crippen LogP contribution is 2.20. The number of amidine groups is 1. The zero-order valence-corrected chi connectivity index (χ0v) is 18.0. The van der Waals surface area contributed by atoms with Gasteiger partial charge < -0.3 is 15.8 Å². The second kappa shape index (κ2) is 10.3. The van der Waals surface area contributed by atoms with Gasteiger partial charge in [-0.15, -0.1) is 0 Å². The van der Waals surface area contributed by atoms with E-state index in [-0.39, 0.29) is 11.7 Å². The molecule has 164 valence electrons. The fourth-order valence-electron chi connectivity index (χ4n) is 3.48. The summed E-state index contributed by atoms with van der Waals surface area (Å²) < 4.78 is 4.97. The van der Waals surface area contributed by atoms with E-state index in [0.717, 1.165) is 16.7 Å². The van der Waals surface area contributed by atoms with Crippen LogP contribution >= 0.6 is 0 Å². The molecule has 0 fully saturated rings. The van der Waals surface area contributed by atoms with Crippen LogP contribution in [0.1, 0.15) is 28.4 Å². The van der Waals surface area contributed by atoms with Gasteiger partial charge in [0, 0.05) is 29.6 Å². The van der Waals surface area contributed by atoms with Crippen molar-refractivity contribution >= 4 is 17.7 Å². The number of carbonyl (C=O) groups excluding carboxylic acids is 2. The van der Waals surface area contributed by atoms with Gasteiger partial charge in [0.15, 0.2) is 0 Å². The summed E-state index contributed by atoms with van der Waals surface area (Å²) in [6.45, 7) is 1.78. The molecule has 2 unspecified atom stereocenters. The summed E-state index contributed by atoms with van der Waals surface area (Å²) in [5, 5.41) is 10.5. The molecule has 3 rings (SSSR count). The average molecular weight is 431 g/mol. The van der Waals surface area contributed by atoms with Gasteiger partial charge in [-0.3, -0.25) is 20.0 Å². The Labute approximate surface area is 187 Å². The lowest BCUT2D eigenvalue weighted by Crippen LogP contribution is -2.42. The summed E-state index contributed by atoms with van der Waals surface area (Å²) in [6.07, 6.45) is 3.78. The molecule has 0 radical (unpaired) electrons. The number of amides is 1. The second-order valence-corrected chi connectivity index (χ2v) is 7.52. The Balaban J connectivity index is 1.72. The van der Waals surface area contributed by atoms with Crippen molar-refractivity contribution in [3.63, 3.8) is 0 Å². The number of hydrogen-bond acceptors (Lipinski definition) is 5. The molecule has 2 aromatic carbocycles. The van der Waals surface area contributed by atoms with Gasteiger partial charge in [-0.25, -0.2) is 0 Å². The predicted molar refractivity (Wildman–Crippen MR) is 123 cm³/mol. The topological polar surface area (TPSA) is 118 Å². The maximum atomic E-state index is 12.8. The molecule has 0 saturated heterocycles. The van der Waals surface area contributed by atoms with Gasteiger partial charge in [-0.1, -0.05) is 30.3 Å². The van der Waals surface area contributed by atoms with Crippen LogP contribution in [0.5, 0.6) is 0 Å². The first-order valence-electron chi connectivity index (χ1n) is 10.2. The Morgan fingerprint density at radius 3 is 2.31 bits per heavy atom. The minimum Gasteiger partial charge on any atom is -0.469 e. The number of ether oxygens (including phenoxy) is 1. The monoisotopic (exact) mass is 430 g/mol. The lowest BCUT2D eigenvalue weighted by Gasteiger charge is -2.23. The minimum absolute atomic E-state index is 0.0435. The summed E-state index contributed by atoms with van der Waals surface area (Å²) in [4.78, 5) is 29.3. The number of nitrogens with one attached hydrogen (secondary N) is 2. The van der Waals surface area contributed by atoms with Crippen LogP contribution in [0.4, 0.5) is 0 Å². The molecular formula is C25H26N4O3. The highest BCUT2D eigenvalue weighted by atomic mass is 16.5. The third-order valence-electron chi connectivity index (χ3n) is 5.32. The Morgan fingerprint density at radius 1 is 1.03 bits per heavy atom. The van der Waals surface area contributed by atoms with Crippen LogP contribution in [0.2, 0.25) is 0 Å². The lowest BCUT2D eigenvalue weighted by molar-refractivity contribution is -0.146. The number of benzene rings is 2. The number of pyridine rings is 1. The summed E-state index contributed by atoms with van der Waals surface area (Å²) in [6, 6.07) is 17.7. The van der Waals surface area contributed by atoms with E-state index < -0.39 is 17.9 Å². The maximum Gasteiger partial charge on any atom is 0.311 e. The van der Waals surface area contributed by atoms with Crippen LogP contribution in [0, 0.1) is 11.3 Å². The summed E-state index contributed by atoms with van der Waals surface area (Å²) >= 11 is 0. The summed E-state index contributed by atoms with van der Waals surface area (Å²) in [5.74, 6) is -1.33. The van der Waals surface area contributed by atoms with Crippen LogP contribution in [0.3, 0.4) is 0 Å². The van der Waals surface area contributed by atoms with Crippen molar-refractivity contribution < 1.29 is 14.3 Å². The summed E-state index contributed by atoms with van der Waals surface area (Å²) in [7, 11) is 1.33. The van der Waals surface area contributed by atoms with E-state index in [4.69, 9.17) is 15.9 Å². The molecule has 1 aromatic heterocycles. The maximum absolute atomic E-state index is 12.8. The number of methoxy groups -OCH3 is 1. The van der Waals surface area contributed by atoms with Crippen molar-refractivity contribution in [2.75, 3.05) is 7.11 Å². The molecule has 0 bridgehead atoms. The largest absolute Gasteiger partial charge is 0.469 e. The van der Waals surface area contributed by atoms with Crippen molar-refractivity contribution in [2.24, 2.45) is 11.7 Å². The average Bonchev–Trinajstić information content (AvgIpc) is 2.82. The number of esters is 1. The molecule has 3 aromatic rings. The smallest absolute Gasteiger partial charge is 0.311 e. The van der Waals surface area contributed by atoms with E-state index in [1.165, 1.54) is 7.11 Å². The normalized spacial score (nSPS) is 12.4. The van der Waals surface area contributed by atoms with Crippen molar-refractivity contribution in [1.82, 2.24) is 10.3 Å². The molecule has 7 heteroatoms. The number of nitrogen functional groups attached to an aromatic ring is 1. The molecular weight excluding hydrogens is 404 g/mol. The first kappa shape index (κ1) is 22.7. The third-order valence-corrected chi connectivity index (χ3v) is 5.32. The molecule has 4 N–H and O–H groups in total. The minimum atomic E-state index is -0.595. The molecule has 0 aliphatic carbocycles. The lowest BCUT2D eigenvalue weighted by atomic mass is 9.92. The molecule has 32 heavy (non-hydrogen) atoms. The van der Waals surface area contributed by atoms with Crippen LogP contribution in [-0.4, -0.2) is 35.8 Å². The van der Waals surface area contributed by atoms with Gasteiger partial charge in [0.05, 0.1) is 13.0 Å². The van der Waals surface area contributed by atoms with Gasteiger partial charge in [-0.05, 0) is 60.4 Å². The van der Waals surface area contributed by atoms with Gasteiger partial charge in [0.25, 0.3) is 5.91 Å². The van der Waals surface area contributed by atoms with E-state index >= 15 is 0 Å². The van der Waals surface area contributed by atoms with E-state index in [9.17, 15) is 9.59 Å². The van der Waals surface area contributed by atoms with E-state index in [2.05, 4.69) is 10.3 Å². The molecule has 7 nitrogen and oxygen atoms in total. The standard InChI is InChI=1S/C25H26N4O3/c1-16(22(25(31)32-2)15-17-4-3-5-21(14-17)23(26)27)29-24(30)20-8-6-18(7-9-20)19-10-12-28-13-11-19/h3-14,16,22H,15H2,1-2H3,(H3,26,27)(H,29,30). The zero-order valence-electron chi connectivity index (χ0n) is 18.0. The Hall–Kier alpha value is -4.00. The Bertz CT molecular complexity index is 1100. The second-order valence-electron chi connectivity index (χ2n) is 7.52. The number of rotatable bonds is 8. The van der Waals surface area contributed by atoms with Crippen molar-refractivity contribution in [3.8, 4) is 11.1 Å². The van der Waals surface area contributed by atoms with Gasteiger partial charge in [-0.2, -0.15) is 0 Å². The van der Waals surface area contributed by atoms with E-state index in [1.807, 2.05) is 30.3 Å². The highest BCUT2D eigenvalue weighted by Gasteiger charge is 2.28. The Kier molecular flexibility index (Phi) is 7.33. The number of nitrogens with two attached hydrogens (primary N) is 1. The summed E-state index contributed by atoms with van der Waals surface area (Å²) in [5.41, 5.74) is 9.47. The van der Waals surface area contributed by atoms with Crippen molar-refractivity contribution in [3.05, 3.63) is 89.7 Å². The van der Waals surface area contributed by atoms with Crippen LogP contribution in [0.15, 0.2) is 73.1 Å². The molecule has 0 saturated carbocycles. The first-order chi connectivity index (χ1) is 15.4. The number of carbonyl (C=O) groups is 2. The quantitative estimate of drug-likeness (QED) is 0.288. The van der Waals surface area contributed by atoms with E-state index in [0.29, 0.717) is 17.5 Å². The van der Waals surface area contributed by atoms with Crippen molar-refractivity contribution in [1.29, 1.82) is 5.41 Å². The zero-order chi connectivity index (χ0) is 23.1. The molecule has 0 aliphatic rings. The molecule has 0 spiro atoms. The molecule has 0 aliphatic heterocycles. The van der Waals surface area contributed by atoms with Crippen LogP contribution in [0.25, 0.3) is 11.1 Å². The van der Waals surface area contributed by atoms with E-state index in [1.54, 1.807) is 49.6 Å². The SMILES string of the molecule is COC(=O)C(Cc1cccc(C(=N)N)c1)C(C)NC(=O)c1ccc(-c2ccncc2)cc1. The van der Waals surface area contributed by atoms with Crippen LogP contribution < -0.4 is 11.1 Å². The molecule has 1 heterocycles. The van der Waals surface area contributed by atoms with Gasteiger partial charge in [0.1, 0.15) is 5.84 Å².